The van der Waals surface area contributed by atoms with E-state index in [-0.39, 0.29) is 12.0 Å². The summed E-state index contributed by atoms with van der Waals surface area (Å²) in [6.07, 6.45) is 4.85. The highest BCUT2D eigenvalue weighted by molar-refractivity contribution is 5.76. The molecule has 1 saturated heterocycles. The quantitative estimate of drug-likeness (QED) is 0.650. The van der Waals surface area contributed by atoms with Crippen molar-refractivity contribution in [2.45, 2.75) is 51.7 Å². The second kappa shape index (κ2) is 10.1. The highest BCUT2D eigenvalue weighted by Crippen LogP contribution is 2.13. The molecule has 1 rings (SSSR count). The molecular weight excluding hydrogens is 256 g/mol. The van der Waals surface area contributed by atoms with Gasteiger partial charge in [0, 0.05) is 19.7 Å². The predicted molar refractivity (Wildman–Crippen MR) is 79.8 cm³/mol. The first-order valence-electron chi connectivity index (χ1n) is 7.87. The Morgan fingerprint density at radius 1 is 1.45 bits per heavy atom. The van der Waals surface area contributed by atoms with Gasteiger partial charge in [-0.3, -0.25) is 4.79 Å². The van der Waals surface area contributed by atoms with Crippen LogP contribution in [0.1, 0.15) is 39.5 Å². The summed E-state index contributed by atoms with van der Waals surface area (Å²) in [7, 11) is 2.04. The van der Waals surface area contributed by atoms with Crippen molar-refractivity contribution in [2.75, 3.05) is 39.9 Å². The zero-order valence-corrected chi connectivity index (χ0v) is 13.2. The van der Waals surface area contributed by atoms with E-state index in [4.69, 9.17) is 9.47 Å². The highest BCUT2D eigenvalue weighted by Gasteiger charge is 2.23. The third-order valence-electron chi connectivity index (χ3n) is 3.50. The predicted octanol–water partition coefficient (Wildman–Crippen LogP) is 1.42. The minimum atomic E-state index is -0.247. The Kier molecular flexibility index (Phi) is 8.82. The van der Waals surface area contributed by atoms with Gasteiger partial charge < -0.3 is 19.7 Å². The molecule has 1 aliphatic rings. The van der Waals surface area contributed by atoms with Crippen LogP contribution in [0, 0.1) is 0 Å². The van der Waals surface area contributed by atoms with Crippen LogP contribution in [0.25, 0.3) is 0 Å². The molecule has 0 aromatic rings. The third kappa shape index (κ3) is 6.68. The van der Waals surface area contributed by atoms with E-state index in [1.54, 1.807) is 0 Å². The molecule has 5 heteroatoms. The molecular formula is C15H30N2O3. The first-order chi connectivity index (χ1) is 9.67. The number of nitrogens with one attached hydrogen (secondary N) is 1. The molecule has 1 heterocycles. The van der Waals surface area contributed by atoms with Crippen LogP contribution in [-0.2, 0) is 14.3 Å². The molecule has 0 aliphatic carbocycles. The maximum atomic E-state index is 11.9. The normalized spacial score (nSPS) is 20.9. The van der Waals surface area contributed by atoms with Crippen LogP contribution in [0.5, 0.6) is 0 Å². The maximum Gasteiger partial charge on any atom is 0.324 e. The molecule has 0 spiro atoms. The Balaban J connectivity index is 2.38. The van der Waals surface area contributed by atoms with Crippen molar-refractivity contribution in [1.29, 1.82) is 0 Å². The second-order valence-electron chi connectivity index (χ2n) is 5.47. The van der Waals surface area contributed by atoms with Crippen molar-refractivity contribution in [1.82, 2.24) is 10.2 Å². The fourth-order valence-electron chi connectivity index (χ4n) is 2.47. The summed E-state index contributed by atoms with van der Waals surface area (Å²) in [4.78, 5) is 14.1. The molecule has 0 aromatic heterocycles. The van der Waals surface area contributed by atoms with Gasteiger partial charge in [-0.05, 0) is 46.2 Å². The summed E-state index contributed by atoms with van der Waals surface area (Å²) in [6, 6.07) is -0.247. The van der Waals surface area contributed by atoms with Gasteiger partial charge in [-0.15, -0.1) is 0 Å². The molecule has 20 heavy (non-hydrogen) atoms. The van der Waals surface area contributed by atoms with E-state index < -0.39 is 0 Å². The molecule has 1 N–H and O–H groups in total. The van der Waals surface area contributed by atoms with Gasteiger partial charge in [-0.1, -0.05) is 6.92 Å². The summed E-state index contributed by atoms with van der Waals surface area (Å²) in [5, 5.41) is 3.27. The van der Waals surface area contributed by atoms with Gasteiger partial charge in [-0.2, -0.15) is 0 Å². The van der Waals surface area contributed by atoms with E-state index >= 15 is 0 Å². The first-order valence-corrected chi connectivity index (χ1v) is 7.87. The summed E-state index contributed by atoms with van der Waals surface area (Å²) >= 11 is 0. The lowest BCUT2D eigenvalue weighted by Gasteiger charge is -2.29. The number of esters is 1. The molecule has 0 amide bonds. The highest BCUT2D eigenvalue weighted by atomic mass is 16.5. The number of nitrogens with zero attached hydrogens (tertiary/aromatic N) is 1. The van der Waals surface area contributed by atoms with Crippen molar-refractivity contribution in [3.8, 4) is 0 Å². The second-order valence-corrected chi connectivity index (χ2v) is 5.47. The summed E-state index contributed by atoms with van der Waals surface area (Å²) in [6.45, 7) is 7.61. The smallest absolute Gasteiger partial charge is 0.324 e. The van der Waals surface area contributed by atoms with Crippen molar-refractivity contribution >= 4 is 5.97 Å². The van der Waals surface area contributed by atoms with Gasteiger partial charge in [0.25, 0.3) is 0 Å². The van der Waals surface area contributed by atoms with Crippen LogP contribution in [-0.4, -0.2) is 62.9 Å². The van der Waals surface area contributed by atoms with Crippen LogP contribution in [0.15, 0.2) is 0 Å². The Morgan fingerprint density at radius 2 is 2.25 bits per heavy atom. The molecule has 1 fully saturated rings. The van der Waals surface area contributed by atoms with Gasteiger partial charge in [0.05, 0.1) is 12.7 Å². The lowest BCUT2D eigenvalue weighted by atomic mass is 10.1. The summed E-state index contributed by atoms with van der Waals surface area (Å²) in [5.74, 6) is -0.155. The van der Waals surface area contributed by atoms with Gasteiger partial charge in [0.1, 0.15) is 6.04 Å². The minimum absolute atomic E-state index is 0.155. The Morgan fingerprint density at radius 3 is 2.85 bits per heavy atom. The molecule has 5 nitrogen and oxygen atoms in total. The lowest BCUT2D eigenvalue weighted by Crippen LogP contribution is -2.48. The van der Waals surface area contributed by atoms with Crippen LogP contribution in [0.2, 0.25) is 0 Å². The fourth-order valence-corrected chi connectivity index (χ4v) is 2.47. The van der Waals surface area contributed by atoms with Crippen molar-refractivity contribution in [3.63, 3.8) is 0 Å². The molecule has 2 unspecified atom stereocenters. The monoisotopic (exact) mass is 286 g/mol. The molecule has 0 bridgehead atoms. The summed E-state index contributed by atoms with van der Waals surface area (Å²) in [5.41, 5.74) is 0. The average Bonchev–Trinajstić information content (AvgIpc) is 2.44. The minimum Gasteiger partial charge on any atom is -0.465 e. The number of carbonyl (C=O) groups is 1. The van der Waals surface area contributed by atoms with Gasteiger partial charge in [-0.25, -0.2) is 0 Å². The van der Waals surface area contributed by atoms with E-state index in [0.29, 0.717) is 19.3 Å². The average molecular weight is 286 g/mol. The third-order valence-corrected chi connectivity index (χ3v) is 3.50. The number of hydrogen-bond donors (Lipinski definition) is 1. The van der Waals surface area contributed by atoms with Crippen LogP contribution in [0.3, 0.4) is 0 Å². The molecule has 0 saturated carbocycles. The van der Waals surface area contributed by atoms with E-state index in [1.165, 1.54) is 12.8 Å². The first kappa shape index (κ1) is 17.4. The van der Waals surface area contributed by atoms with Crippen LogP contribution >= 0.6 is 0 Å². The Bertz CT molecular complexity index is 268. The number of carbonyl (C=O) groups excluding carboxylic acids is 1. The molecule has 0 aromatic carbocycles. The van der Waals surface area contributed by atoms with Crippen LogP contribution < -0.4 is 5.32 Å². The van der Waals surface area contributed by atoms with E-state index in [9.17, 15) is 4.79 Å². The van der Waals surface area contributed by atoms with Crippen molar-refractivity contribution in [2.24, 2.45) is 0 Å². The summed E-state index contributed by atoms with van der Waals surface area (Å²) < 4.78 is 10.9. The SMILES string of the molecule is CCCNC(CN(C)CC1CCCCO1)C(=O)OCC. The molecule has 2 atom stereocenters. The Labute approximate surface area is 123 Å². The van der Waals surface area contributed by atoms with Gasteiger partial charge in [0.2, 0.25) is 0 Å². The van der Waals surface area contributed by atoms with Gasteiger partial charge >= 0.3 is 5.97 Å². The Hall–Kier alpha value is -0.650. The standard InChI is InChI=1S/C15H30N2O3/c1-4-9-16-14(15(18)19-5-2)12-17(3)11-13-8-6-7-10-20-13/h13-14,16H,4-12H2,1-3H3. The number of likely N-dealkylation sites (N-methyl/N-ethyl adjacent to an activating group) is 1. The molecule has 118 valence electrons. The number of hydrogen-bond acceptors (Lipinski definition) is 5. The van der Waals surface area contributed by atoms with E-state index in [0.717, 1.165) is 32.5 Å². The zero-order valence-electron chi connectivity index (χ0n) is 13.2. The van der Waals surface area contributed by atoms with Crippen LogP contribution in [0.4, 0.5) is 0 Å². The van der Waals surface area contributed by atoms with E-state index in [2.05, 4.69) is 17.1 Å². The van der Waals surface area contributed by atoms with Crippen molar-refractivity contribution in [3.05, 3.63) is 0 Å². The number of rotatable bonds is 9. The lowest BCUT2D eigenvalue weighted by molar-refractivity contribution is -0.146. The fraction of sp³-hybridized carbons (Fsp3) is 0.933. The topological polar surface area (TPSA) is 50.8 Å². The van der Waals surface area contributed by atoms with Crippen molar-refractivity contribution < 1.29 is 14.3 Å². The maximum absolute atomic E-state index is 11.9. The number of ether oxygens (including phenoxy) is 2. The zero-order chi connectivity index (χ0) is 14.8. The largest absolute Gasteiger partial charge is 0.465 e. The van der Waals surface area contributed by atoms with E-state index in [1.807, 2.05) is 14.0 Å². The van der Waals surface area contributed by atoms with Gasteiger partial charge in [0.15, 0.2) is 0 Å². The molecule has 0 radical (unpaired) electrons. The molecule has 1 aliphatic heterocycles.